The number of benzene rings is 1. The maximum atomic E-state index is 13.5. The van der Waals surface area contributed by atoms with E-state index < -0.39 is 6.43 Å². The van der Waals surface area contributed by atoms with Crippen molar-refractivity contribution in [3.05, 3.63) is 33.4 Å². The summed E-state index contributed by atoms with van der Waals surface area (Å²) in [4.78, 5) is 15.5. The van der Waals surface area contributed by atoms with Gasteiger partial charge in [0.15, 0.2) is 0 Å². The van der Waals surface area contributed by atoms with Crippen LogP contribution in [-0.2, 0) is 9.53 Å². The molecule has 1 aromatic rings. The Kier molecular flexibility index (Phi) is 6.99. The van der Waals surface area contributed by atoms with Crippen molar-refractivity contribution in [2.75, 3.05) is 44.4 Å². The Morgan fingerprint density at radius 3 is 2.69 bits per heavy atom. The highest BCUT2D eigenvalue weighted by Gasteiger charge is 2.31. The van der Waals surface area contributed by atoms with Crippen LogP contribution in [0.4, 0.5) is 14.5 Å². The van der Waals surface area contributed by atoms with Gasteiger partial charge >= 0.3 is 0 Å². The van der Waals surface area contributed by atoms with Crippen LogP contribution < -0.4 is 15.0 Å². The predicted molar refractivity (Wildman–Crippen MR) is 121 cm³/mol. The second-order valence-electron chi connectivity index (χ2n) is 8.17. The molecule has 7 nitrogen and oxygen atoms in total. The van der Waals surface area contributed by atoms with Gasteiger partial charge in [-0.15, -0.1) is 0 Å². The summed E-state index contributed by atoms with van der Waals surface area (Å²) in [6, 6.07) is 3.17. The monoisotopic (exact) mass is 512 g/mol. The summed E-state index contributed by atoms with van der Waals surface area (Å²) in [7, 11) is 0. The van der Waals surface area contributed by atoms with Gasteiger partial charge in [0.2, 0.25) is 5.91 Å². The molecule has 0 radical (unpaired) electrons. The molecule has 1 fully saturated rings. The van der Waals surface area contributed by atoms with E-state index in [4.69, 9.17) is 14.9 Å². The summed E-state index contributed by atoms with van der Waals surface area (Å²) in [6.07, 6.45) is -0.270. The molecule has 1 amide bonds. The molecule has 0 bridgehead atoms. The Bertz CT molecular complexity index is 934. The van der Waals surface area contributed by atoms with Gasteiger partial charge in [-0.05, 0) is 25.0 Å². The minimum absolute atomic E-state index is 0.0493. The van der Waals surface area contributed by atoms with Gasteiger partial charge in [0, 0.05) is 60.5 Å². The van der Waals surface area contributed by atoms with Crippen molar-refractivity contribution in [3.63, 3.8) is 0 Å². The number of rotatable bonds is 4. The van der Waals surface area contributed by atoms with Crippen molar-refractivity contribution < 1.29 is 23.0 Å². The van der Waals surface area contributed by atoms with Crippen molar-refractivity contribution >= 4 is 33.4 Å². The van der Waals surface area contributed by atoms with Crippen LogP contribution in [-0.4, -0.2) is 62.1 Å². The normalized spacial score (nSPS) is 19.7. The molecule has 3 heterocycles. The molecule has 2 N–H and O–H groups in total. The summed E-state index contributed by atoms with van der Waals surface area (Å²) in [6.45, 7) is 4.50. The molecule has 0 unspecified atom stereocenters. The van der Waals surface area contributed by atoms with Crippen LogP contribution in [0.5, 0.6) is 5.75 Å². The van der Waals surface area contributed by atoms with Crippen LogP contribution in [0, 0.1) is 5.41 Å². The van der Waals surface area contributed by atoms with Crippen LogP contribution in [0.15, 0.2) is 27.9 Å². The summed E-state index contributed by atoms with van der Waals surface area (Å²) < 4.78 is 38.5. The Balaban J connectivity index is 1.68. The Labute approximate surface area is 194 Å². The van der Waals surface area contributed by atoms with E-state index in [2.05, 4.69) is 21.2 Å². The maximum Gasteiger partial charge on any atom is 0.265 e. The van der Waals surface area contributed by atoms with E-state index in [0.29, 0.717) is 62.9 Å². The molecule has 0 aromatic heterocycles. The second kappa shape index (κ2) is 9.74. The summed E-state index contributed by atoms with van der Waals surface area (Å²) in [5.74, 6) is 0.611. The van der Waals surface area contributed by atoms with Crippen LogP contribution in [0.2, 0.25) is 0 Å². The number of nitrogens with one attached hydrogen (secondary N) is 2. The Morgan fingerprint density at radius 2 is 2.00 bits per heavy atom. The zero-order valence-corrected chi connectivity index (χ0v) is 19.5. The van der Waals surface area contributed by atoms with E-state index in [1.165, 1.54) is 19.1 Å². The fraction of sp³-hybridized carbons (Fsp3) is 0.545. The lowest BCUT2D eigenvalue weighted by Gasteiger charge is -2.38. The van der Waals surface area contributed by atoms with Crippen molar-refractivity contribution in [2.45, 2.75) is 38.7 Å². The van der Waals surface area contributed by atoms with E-state index in [1.807, 2.05) is 0 Å². The number of ether oxygens (including phenoxy) is 2. The molecule has 1 saturated heterocycles. The molecule has 0 atom stereocenters. The molecule has 0 aliphatic carbocycles. The average molecular weight is 513 g/mol. The third-order valence-corrected chi connectivity index (χ3v) is 6.81. The van der Waals surface area contributed by atoms with E-state index in [0.717, 1.165) is 18.5 Å². The first-order valence-electron chi connectivity index (χ1n) is 10.8. The lowest BCUT2D eigenvalue weighted by atomic mass is 10.0. The molecular formula is C22H27BrF2N4O3. The zero-order valence-electron chi connectivity index (χ0n) is 17.9. The SMILES string of the molecule is CC(=O)N1CCC(NC2CCOCC2)=C(C(=N)N2CCOc3cc(Br)c(C(F)F)cc32)C1. The van der Waals surface area contributed by atoms with Crippen LogP contribution in [0.25, 0.3) is 0 Å². The van der Waals surface area contributed by atoms with E-state index in [1.54, 1.807) is 9.80 Å². The first-order chi connectivity index (χ1) is 15.3. The number of halogens is 3. The zero-order chi connectivity index (χ0) is 22.8. The van der Waals surface area contributed by atoms with Gasteiger partial charge in [-0.3, -0.25) is 10.2 Å². The van der Waals surface area contributed by atoms with Crippen molar-refractivity contribution in [3.8, 4) is 5.75 Å². The number of hydrogen-bond acceptors (Lipinski definition) is 5. The molecule has 0 spiro atoms. The Hall–Kier alpha value is -2.20. The summed E-state index contributed by atoms with van der Waals surface area (Å²) >= 11 is 3.19. The van der Waals surface area contributed by atoms with Crippen LogP contribution in [0.3, 0.4) is 0 Å². The lowest BCUT2D eigenvalue weighted by Crippen LogP contribution is -2.47. The number of amidine groups is 1. The van der Waals surface area contributed by atoms with Crippen molar-refractivity contribution in [2.24, 2.45) is 0 Å². The van der Waals surface area contributed by atoms with Crippen molar-refractivity contribution in [1.82, 2.24) is 10.2 Å². The Morgan fingerprint density at radius 1 is 1.25 bits per heavy atom. The van der Waals surface area contributed by atoms with Gasteiger partial charge in [0.25, 0.3) is 6.43 Å². The third-order valence-electron chi connectivity index (χ3n) is 6.12. The fourth-order valence-electron chi connectivity index (χ4n) is 4.31. The standard InChI is InChI=1S/C22H27BrF2N4O3/c1-13(30)28-5-2-18(27-14-3-7-31-8-4-14)16(12-28)22(26)29-6-9-32-20-11-17(23)15(21(24)25)10-19(20)29/h10-11,14,21,26-27H,2-9,12H2,1H3. The number of carbonyl (C=O) groups excluding carboxylic acids is 1. The van der Waals surface area contributed by atoms with Gasteiger partial charge in [-0.1, -0.05) is 15.9 Å². The molecule has 1 aromatic carbocycles. The lowest BCUT2D eigenvalue weighted by molar-refractivity contribution is -0.128. The smallest absolute Gasteiger partial charge is 0.265 e. The highest BCUT2D eigenvalue weighted by Crippen LogP contribution is 2.40. The highest BCUT2D eigenvalue weighted by molar-refractivity contribution is 9.10. The molecular weight excluding hydrogens is 486 g/mol. The first-order valence-corrected chi connectivity index (χ1v) is 11.6. The number of hydrogen-bond donors (Lipinski definition) is 2. The number of fused-ring (bicyclic) bond motifs is 1. The summed E-state index contributed by atoms with van der Waals surface area (Å²) in [5.41, 5.74) is 1.96. The molecule has 3 aliphatic heterocycles. The van der Waals surface area contributed by atoms with E-state index in [-0.39, 0.29) is 27.8 Å². The molecule has 4 rings (SSSR count). The van der Waals surface area contributed by atoms with Gasteiger partial charge in [0.05, 0.1) is 18.8 Å². The number of nitrogens with zero attached hydrogens (tertiary/aromatic N) is 2. The van der Waals surface area contributed by atoms with E-state index >= 15 is 0 Å². The number of anilines is 1. The van der Waals surface area contributed by atoms with Crippen molar-refractivity contribution in [1.29, 1.82) is 5.41 Å². The van der Waals surface area contributed by atoms with E-state index in [9.17, 15) is 13.6 Å². The fourth-order valence-corrected chi connectivity index (χ4v) is 4.81. The van der Waals surface area contributed by atoms with Crippen LogP contribution >= 0.6 is 15.9 Å². The number of amides is 1. The first kappa shape index (κ1) is 23.0. The number of alkyl halides is 2. The van der Waals surface area contributed by atoms with Gasteiger partial charge < -0.3 is 24.6 Å². The second-order valence-corrected chi connectivity index (χ2v) is 9.02. The molecule has 10 heteroatoms. The van der Waals surface area contributed by atoms with Crippen LogP contribution in [0.1, 0.15) is 38.2 Å². The van der Waals surface area contributed by atoms with Gasteiger partial charge in [-0.25, -0.2) is 8.78 Å². The molecule has 32 heavy (non-hydrogen) atoms. The summed E-state index contributed by atoms with van der Waals surface area (Å²) in [5, 5.41) is 12.6. The minimum atomic E-state index is -2.65. The molecule has 3 aliphatic rings. The quantitative estimate of drug-likeness (QED) is 0.473. The molecule has 0 saturated carbocycles. The average Bonchev–Trinajstić information content (AvgIpc) is 2.78. The van der Waals surface area contributed by atoms with Gasteiger partial charge in [-0.2, -0.15) is 0 Å². The topological polar surface area (TPSA) is 77.9 Å². The maximum absolute atomic E-state index is 13.5. The minimum Gasteiger partial charge on any atom is -0.489 e. The van der Waals surface area contributed by atoms with Gasteiger partial charge in [0.1, 0.15) is 18.2 Å². The largest absolute Gasteiger partial charge is 0.489 e. The highest BCUT2D eigenvalue weighted by atomic mass is 79.9. The number of carbonyl (C=O) groups is 1. The third kappa shape index (κ3) is 4.76. The predicted octanol–water partition coefficient (Wildman–Crippen LogP) is 3.84. The molecule has 174 valence electrons.